The van der Waals surface area contributed by atoms with Gasteiger partial charge in [-0.1, -0.05) is 0 Å². The Labute approximate surface area is 131 Å². The van der Waals surface area contributed by atoms with Gasteiger partial charge in [0.05, 0.1) is 0 Å². The van der Waals surface area contributed by atoms with Gasteiger partial charge in [0.2, 0.25) is 0 Å². The summed E-state index contributed by atoms with van der Waals surface area (Å²) in [6.45, 7) is 5.02. The Morgan fingerprint density at radius 3 is 2.62 bits per heavy atom. The number of halogens is 1. The van der Waals surface area contributed by atoms with Gasteiger partial charge in [0.1, 0.15) is 13.2 Å². The van der Waals surface area contributed by atoms with E-state index in [0.717, 1.165) is 19.6 Å². The summed E-state index contributed by atoms with van der Waals surface area (Å²) < 4.78 is 10.9. The molecule has 1 fully saturated rings. The summed E-state index contributed by atoms with van der Waals surface area (Å²) in [6, 6.07) is 5.32. The highest BCUT2D eigenvalue weighted by Gasteiger charge is 2.15. The summed E-state index contributed by atoms with van der Waals surface area (Å²) in [7, 11) is 0. The molecule has 1 amide bonds. The van der Waals surface area contributed by atoms with E-state index in [2.05, 4.69) is 10.2 Å². The number of fused-ring (bicyclic) bond motifs is 1. The molecule has 1 aromatic rings. The van der Waals surface area contributed by atoms with Crippen molar-refractivity contribution >= 4 is 18.3 Å². The molecule has 0 bridgehead atoms. The van der Waals surface area contributed by atoms with Crippen LogP contribution in [0.4, 0.5) is 0 Å². The Hall–Kier alpha value is -1.46. The summed E-state index contributed by atoms with van der Waals surface area (Å²) >= 11 is 0. The lowest BCUT2D eigenvalue weighted by Gasteiger charge is -2.19. The Kier molecular flexibility index (Phi) is 5.70. The van der Waals surface area contributed by atoms with Crippen LogP contribution >= 0.6 is 12.4 Å². The molecule has 0 atom stereocenters. The molecule has 0 spiro atoms. The number of nitrogens with zero attached hydrogens (tertiary/aromatic N) is 1. The second kappa shape index (κ2) is 7.52. The molecule has 0 unspecified atom stereocenters. The molecule has 21 heavy (non-hydrogen) atoms. The number of benzene rings is 1. The zero-order valence-electron chi connectivity index (χ0n) is 12.0. The number of nitrogens with one attached hydrogen (secondary N) is 1. The predicted molar refractivity (Wildman–Crippen MR) is 82.7 cm³/mol. The van der Waals surface area contributed by atoms with Gasteiger partial charge in [-0.05, 0) is 44.1 Å². The van der Waals surface area contributed by atoms with Crippen LogP contribution in [-0.4, -0.2) is 50.2 Å². The molecule has 5 nitrogen and oxygen atoms in total. The number of ether oxygens (including phenoxy) is 2. The van der Waals surface area contributed by atoms with E-state index in [4.69, 9.17) is 9.47 Å². The third kappa shape index (κ3) is 4.02. The lowest BCUT2D eigenvalue weighted by molar-refractivity contribution is 0.0948. The van der Waals surface area contributed by atoms with Crippen molar-refractivity contribution in [2.24, 2.45) is 0 Å². The number of carbonyl (C=O) groups is 1. The van der Waals surface area contributed by atoms with Crippen LogP contribution in [0, 0.1) is 0 Å². The summed E-state index contributed by atoms with van der Waals surface area (Å²) in [5.41, 5.74) is 0.621. The van der Waals surface area contributed by atoms with E-state index in [9.17, 15) is 4.79 Å². The van der Waals surface area contributed by atoms with Gasteiger partial charge in [0, 0.05) is 18.7 Å². The van der Waals surface area contributed by atoms with Gasteiger partial charge < -0.3 is 19.7 Å². The normalized spacial score (nSPS) is 17.1. The molecule has 1 N–H and O–H groups in total. The number of carbonyl (C=O) groups excluding carboxylic acids is 1. The minimum absolute atomic E-state index is 0. The van der Waals surface area contributed by atoms with Crippen molar-refractivity contribution in [1.29, 1.82) is 0 Å². The predicted octanol–water partition coefficient (Wildman–Crippen LogP) is 1.71. The first kappa shape index (κ1) is 15.9. The van der Waals surface area contributed by atoms with Crippen LogP contribution in [0.2, 0.25) is 0 Å². The molecule has 2 aliphatic heterocycles. The SMILES string of the molecule is Cl.O=C(NCCN1CCCC1)c1ccc2c(c1)OCCO2. The maximum Gasteiger partial charge on any atom is 0.251 e. The lowest BCUT2D eigenvalue weighted by atomic mass is 10.2. The standard InChI is InChI=1S/C15H20N2O3.ClH/c18-15(16-5-8-17-6-1-2-7-17)12-3-4-13-14(11-12)20-10-9-19-13;/h3-4,11H,1-2,5-10H2,(H,16,18);1H. The van der Waals surface area contributed by atoms with Gasteiger partial charge in [0.15, 0.2) is 11.5 Å². The van der Waals surface area contributed by atoms with Crippen molar-refractivity contribution in [1.82, 2.24) is 10.2 Å². The fraction of sp³-hybridized carbons (Fsp3) is 0.533. The third-order valence-corrected chi connectivity index (χ3v) is 3.72. The quantitative estimate of drug-likeness (QED) is 0.919. The summed E-state index contributed by atoms with van der Waals surface area (Å²) in [4.78, 5) is 14.5. The largest absolute Gasteiger partial charge is 0.486 e. The van der Waals surface area contributed by atoms with Crippen molar-refractivity contribution in [3.8, 4) is 11.5 Å². The van der Waals surface area contributed by atoms with Crippen LogP contribution in [0.1, 0.15) is 23.2 Å². The monoisotopic (exact) mass is 312 g/mol. The molecule has 1 saturated heterocycles. The van der Waals surface area contributed by atoms with Gasteiger partial charge in [-0.15, -0.1) is 12.4 Å². The van der Waals surface area contributed by atoms with Crippen molar-refractivity contribution in [2.45, 2.75) is 12.8 Å². The van der Waals surface area contributed by atoms with Crippen molar-refractivity contribution in [2.75, 3.05) is 39.4 Å². The third-order valence-electron chi connectivity index (χ3n) is 3.72. The Balaban J connectivity index is 0.00000161. The van der Waals surface area contributed by atoms with E-state index in [1.807, 2.05) is 0 Å². The average Bonchev–Trinajstić information content (AvgIpc) is 3.00. The van der Waals surface area contributed by atoms with Crippen LogP contribution in [0.15, 0.2) is 18.2 Å². The molecule has 1 aromatic carbocycles. The van der Waals surface area contributed by atoms with Crippen LogP contribution in [0.3, 0.4) is 0 Å². The smallest absolute Gasteiger partial charge is 0.251 e. The second-order valence-corrected chi connectivity index (χ2v) is 5.16. The molecule has 0 aromatic heterocycles. The second-order valence-electron chi connectivity index (χ2n) is 5.16. The van der Waals surface area contributed by atoms with Gasteiger partial charge in [-0.2, -0.15) is 0 Å². The zero-order valence-corrected chi connectivity index (χ0v) is 12.8. The summed E-state index contributed by atoms with van der Waals surface area (Å²) in [5, 5.41) is 2.96. The van der Waals surface area contributed by atoms with Gasteiger partial charge >= 0.3 is 0 Å². The minimum atomic E-state index is -0.0545. The molecular weight excluding hydrogens is 292 g/mol. The van der Waals surface area contributed by atoms with Crippen LogP contribution < -0.4 is 14.8 Å². The molecule has 2 heterocycles. The highest BCUT2D eigenvalue weighted by atomic mass is 35.5. The summed E-state index contributed by atoms with van der Waals surface area (Å²) in [6.07, 6.45) is 2.55. The maximum absolute atomic E-state index is 12.1. The van der Waals surface area contributed by atoms with E-state index in [1.54, 1.807) is 18.2 Å². The van der Waals surface area contributed by atoms with E-state index >= 15 is 0 Å². The first-order valence-electron chi connectivity index (χ1n) is 7.23. The molecule has 0 aliphatic carbocycles. The highest BCUT2D eigenvalue weighted by molar-refractivity contribution is 5.94. The number of amides is 1. The number of hydrogen-bond donors (Lipinski definition) is 1. The van der Waals surface area contributed by atoms with E-state index < -0.39 is 0 Å². The molecular formula is C15H21ClN2O3. The molecule has 2 aliphatic rings. The van der Waals surface area contributed by atoms with Crippen LogP contribution in [0.5, 0.6) is 11.5 Å². The highest BCUT2D eigenvalue weighted by Crippen LogP contribution is 2.30. The molecule has 0 saturated carbocycles. The van der Waals surface area contributed by atoms with E-state index in [1.165, 1.54) is 12.8 Å². The molecule has 3 rings (SSSR count). The van der Waals surface area contributed by atoms with Crippen molar-refractivity contribution in [3.63, 3.8) is 0 Å². The van der Waals surface area contributed by atoms with Crippen LogP contribution in [0.25, 0.3) is 0 Å². The average molecular weight is 313 g/mol. The number of rotatable bonds is 4. The van der Waals surface area contributed by atoms with Gasteiger partial charge in [0.25, 0.3) is 5.91 Å². The Morgan fingerprint density at radius 2 is 1.86 bits per heavy atom. The maximum atomic E-state index is 12.1. The topological polar surface area (TPSA) is 50.8 Å². The molecule has 6 heteroatoms. The minimum Gasteiger partial charge on any atom is -0.486 e. The first-order chi connectivity index (χ1) is 9.83. The number of hydrogen-bond acceptors (Lipinski definition) is 4. The van der Waals surface area contributed by atoms with Crippen molar-refractivity contribution in [3.05, 3.63) is 23.8 Å². The van der Waals surface area contributed by atoms with Gasteiger partial charge in [-0.3, -0.25) is 4.79 Å². The fourth-order valence-electron chi connectivity index (χ4n) is 2.62. The van der Waals surface area contributed by atoms with Crippen LogP contribution in [-0.2, 0) is 0 Å². The Bertz CT molecular complexity index is 490. The molecule has 0 radical (unpaired) electrons. The van der Waals surface area contributed by atoms with E-state index in [-0.39, 0.29) is 18.3 Å². The fourth-order valence-corrected chi connectivity index (χ4v) is 2.62. The lowest BCUT2D eigenvalue weighted by Crippen LogP contribution is -2.33. The number of likely N-dealkylation sites (tertiary alicyclic amines) is 1. The zero-order chi connectivity index (χ0) is 13.8. The van der Waals surface area contributed by atoms with Gasteiger partial charge in [-0.25, -0.2) is 0 Å². The Morgan fingerprint density at radius 1 is 1.14 bits per heavy atom. The van der Waals surface area contributed by atoms with Crippen molar-refractivity contribution < 1.29 is 14.3 Å². The van der Waals surface area contributed by atoms with E-state index in [0.29, 0.717) is 36.8 Å². The summed E-state index contributed by atoms with van der Waals surface area (Å²) in [5.74, 6) is 1.31. The molecule has 116 valence electrons. The first-order valence-corrected chi connectivity index (χ1v) is 7.23.